The van der Waals surface area contributed by atoms with Crippen LogP contribution >= 0.6 is 0 Å². The van der Waals surface area contributed by atoms with E-state index in [4.69, 9.17) is 4.74 Å². The van der Waals surface area contributed by atoms with Gasteiger partial charge in [-0.15, -0.1) is 0 Å². The van der Waals surface area contributed by atoms with Crippen LogP contribution in [0.5, 0.6) is 0 Å². The maximum Gasteiger partial charge on any atom is 0.319 e. The lowest BCUT2D eigenvalue weighted by Crippen LogP contribution is -2.36. The van der Waals surface area contributed by atoms with E-state index in [1.165, 1.54) is 0 Å². The number of aromatic nitrogens is 2. The first kappa shape index (κ1) is 21.4. The van der Waals surface area contributed by atoms with Crippen molar-refractivity contribution in [2.45, 2.75) is 26.8 Å². The molecule has 0 fully saturated rings. The van der Waals surface area contributed by atoms with Crippen LogP contribution in [0.1, 0.15) is 41.5 Å². The van der Waals surface area contributed by atoms with Gasteiger partial charge in [0, 0.05) is 44.7 Å². The molecular weight excluding hydrogens is 358 g/mol. The lowest BCUT2D eigenvalue weighted by Gasteiger charge is -2.20. The van der Waals surface area contributed by atoms with E-state index in [0.29, 0.717) is 30.9 Å². The number of hydrogen-bond acceptors (Lipinski definition) is 4. The zero-order valence-corrected chi connectivity index (χ0v) is 17.2. The summed E-state index contributed by atoms with van der Waals surface area (Å²) in [5.41, 5.74) is 2.92. The second-order valence-corrected chi connectivity index (χ2v) is 6.49. The van der Waals surface area contributed by atoms with Gasteiger partial charge in [0.2, 0.25) is 0 Å². The lowest BCUT2D eigenvalue weighted by molar-refractivity contribution is 0.0773. The Bertz CT molecular complexity index is 814. The van der Waals surface area contributed by atoms with Crippen LogP contribution in [-0.2, 0) is 11.8 Å². The van der Waals surface area contributed by atoms with Crippen molar-refractivity contribution in [2.24, 2.45) is 7.05 Å². The molecule has 0 aliphatic heterocycles. The van der Waals surface area contributed by atoms with Crippen LogP contribution in [0.3, 0.4) is 0 Å². The average Bonchev–Trinajstić information content (AvgIpc) is 3.09. The minimum Gasteiger partial charge on any atom is -0.382 e. The highest BCUT2D eigenvalue weighted by Crippen LogP contribution is 2.19. The summed E-state index contributed by atoms with van der Waals surface area (Å²) in [6.07, 6.45) is 1.67. The number of benzene rings is 1. The smallest absolute Gasteiger partial charge is 0.319 e. The highest BCUT2D eigenvalue weighted by atomic mass is 16.5. The Labute approximate surface area is 165 Å². The normalized spacial score (nSPS) is 11.8. The number of nitrogens with one attached hydrogen (secondary N) is 2. The summed E-state index contributed by atoms with van der Waals surface area (Å²) in [4.78, 5) is 26.7. The van der Waals surface area contributed by atoms with Crippen LogP contribution < -0.4 is 10.6 Å². The predicted octanol–water partition coefficient (Wildman–Crippen LogP) is 2.72. The number of rotatable bonds is 8. The summed E-state index contributed by atoms with van der Waals surface area (Å²) < 4.78 is 6.91. The molecule has 2 N–H and O–H groups in total. The molecular formula is C20H29N5O3. The van der Waals surface area contributed by atoms with E-state index < -0.39 is 0 Å². The van der Waals surface area contributed by atoms with Crippen molar-refractivity contribution in [3.8, 4) is 0 Å². The number of anilines is 1. The maximum absolute atomic E-state index is 12.5. The molecule has 1 aromatic heterocycles. The predicted molar refractivity (Wildman–Crippen MR) is 108 cm³/mol. The minimum atomic E-state index is -0.353. The van der Waals surface area contributed by atoms with Crippen LogP contribution in [0.4, 0.5) is 10.5 Å². The molecule has 0 saturated heterocycles. The third-order valence-corrected chi connectivity index (χ3v) is 4.63. The SMILES string of the molecule is CCN(CC)C(=O)c1ccc(NC(=O)N[C@@H](COC)c2ccnn2C)c(C)c1. The fourth-order valence-electron chi connectivity index (χ4n) is 3.04. The number of ether oxygens (including phenoxy) is 1. The van der Waals surface area contributed by atoms with Gasteiger partial charge in [-0.3, -0.25) is 9.48 Å². The van der Waals surface area contributed by atoms with Gasteiger partial charge < -0.3 is 20.3 Å². The maximum atomic E-state index is 12.5. The summed E-state index contributed by atoms with van der Waals surface area (Å²) in [5, 5.41) is 9.88. The molecule has 0 bridgehead atoms. The Morgan fingerprint density at radius 2 is 1.96 bits per heavy atom. The monoisotopic (exact) mass is 387 g/mol. The van der Waals surface area contributed by atoms with Gasteiger partial charge in [0.15, 0.2) is 0 Å². The van der Waals surface area contributed by atoms with E-state index >= 15 is 0 Å². The summed E-state index contributed by atoms with van der Waals surface area (Å²) in [7, 11) is 3.39. The molecule has 3 amide bonds. The number of nitrogens with zero attached hydrogens (tertiary/aromatic N) is 3. The van der Waals surface area contributed by atoms with Crippen molar-refractivity contribution < 1.29 is 14.3 Å². The molecule has 0 spiro atoms. The van der Waals surface area contributed by atoms with Crippen molar-refractivity contribution >= 4 is 17.6 Å². The number of hydrogen-bond donors (Lipinski definition) is 2. The lowest BCUT2D eigenvalue weighted by atomic mass is 10.1. The zero-order valence-electron chi connectivity index (χ0n) is 17.2. The van der Waals surface area contributed by atoms with Gasteiger partial charge in [0.05, 0.1) is 18.3 Å². The van der Waals surface area contributed by atoms with Crippen LogP contribution in [0, 0.1) is 6.92 Å². The van der Waals surface area contributed by atoms with Crippen LogP contribution in [0.25, 0.3) is 0 Å². The first-order chi connectivity index (χ1) is 13.4. The standard InChI is InChI=1S/C20H29N5O3/c1-6-25(7-2)19(26)15-8-9-16(14(3)12-15)22-20(27)23-17(13-28-5)18-10-11-21-24(18)4/h8-12,17H,6-7,13H2,1-5H3,(H2,22,23,27)/t17-/m0/s1. The Morgan fingerprint density at radius 1 is 1.25 bits per heavy atom. The highest BCUT2D eigenvalue weighted by Gasteiger charge is 2.19. The molecule has 152 valence electrons. The number of aryl methyl sites for hydroxylation is 2. The van der Waals surface area contributed by atoms with Crippen LogP contribution in [0.2, 0.25) is 0 Å². The number of methoxy groups -OCH3 is 1. The molecule has 0 unspecified atom stereocenters. The number of carbonyl (C=O) groups is 2. The Morgan fingerprint density at radius 3 is 2.50 bits per heavy atom. The van der Waals surface area contributed by atoms with Crippen molar-refractivity contribution in [2.75, 3.05) is 32.1 Å². The largest absolute Gasteiger partial charge is 0.382 e. The molecule has 8 nitrogen and oxygen atoms in total. The first-order valence-electron chi connectivity index (χ1n) is 9.35. The second-order valence-electron chi connectivity index (χ2n) is 6.49. The fraction of sp³-hybridized carbons (Fsp3) is 0.450. The number of carbonyl (C=O) groups excluding carboxylic acids is 2. The summed E-state index contributed by atoms with van der Waals surface area (Å²) in [6.45, 7) is 7.41. The van der Waals surface area contributed by atoms with Crippen LogP contribution in [-0.4, -0.2) is 53.4 Å². The van der Waals surface area contributed by atoms with E-state index in [9.17, 15) is 9.59 Å². The average molecular weight is 387 g/mol. The van der Waals surface area contributed by atoms with Crippen molar-refractivity contribution in [3.63, 3.8) is 0 Å². The van der Waals surface area contributed by atoms with E-state index in [0.717, 1.165) is 11.3 Å². The third-order valence-electron chi connectivity index (χ3n) is 4.63. The topological polar surface area (TPSA) is 88.5 Å². The summed E-state index contributed by atoms with van der Waals surface area (Å²) in [5.74, 6) is -0.0135. The van der Waals surface area contributed by atoms with E-state index in [1.54, 1.807) is 41.1 Å². The first-order valence-corrected chi connectivity index (χ1v) is 9.35. The molecule has 0 aliphatic carbocycles. The minimum absolute atomic E-state index is 0.0135. The van der Waals surface area contributed by atoms with E-state index in [2.05, 4.69) is 15.7 Å². The van der Waals surface area contributed by atoms with Gasteiger partial charge in [0.25, 0.3) is 5.91 Å². The van der Waals surface area contributed by atoms with Gasteiger partial charge in [-0.1, -0.05) is 0 Å². The second kappa shape index (κ2) is 9.89. The Kier molecular flexibility index (Phi) is 7.57. The van der Waals surface area contributed by atoms with Gasteiger partial charge in [-0.25, -0.2) is 4.79 Å². The van der Waals surface area contributed by atoms with E-state index in [1.807, 2.05) is 33.9 Å². The van der Waals surface area contributed by atoms with Gasteiger partial charge in [-0.2, -0.15) is 5.10 Å². The number of amides is 3. The Balaban J connectivity index is 2.09. The van der Waals surface area contributed by atoms with Crippen molar-refractivity contribution in [1.29, 1.82) is 0 Å². The van der Waals surface area contributed by atoms with Gasteiger partial charge >= 0.3 is 6.03 Å². The zero-order chi connectivity index (χ0) is 20.7. The van der Waals surface area contributed by atoms with Crippen molar-refractivity contribution in [3.05, 3.63) is 47.3 Å². The molecule has 1 atom stereocenters. The molecule has 1 aromatic carbocycles. The summed E-state index contributed by atoms with van der Waals surface area (Å²) >= 11 is 0. The van der Waals surface area contributed by atoms with Crippen molar-refractivity contribution in [1.82, 2.24) is 20.0 Å². The van der Waals surface area contributed by atoms with Gasteiger partial charge in [0.1, 0.15) is 0 Å². The molecule has 2 rings (SSSR count). The summed E-state index contributed by atoms with van der Waals surface area (Å²) in [6, 6.07) is 6.43. The molecule has 0 aliphatic rings. The highest BCUT2D eigenvalue weighted by molar-refractivity contribution is 5.96. The van der Waals surface area contributed by atoms with Gasteiger partial charge in [-0.05, 0) is 50.6 Å². The molecule has 2 aromatic rings. The van der Waals surface area contributed by atoms with Crippen LogP contribution in [0.15, 0.2) is 30.5 Å². The number of urea groups is 1. The molecule has 0 saturated carbocycles. The molecule has 0 radical (unpaired) electrons. The molecule has 8 heteroatoms. The quantitative estimate of drug-likeness (QED) is 0.729. The third kappa shape index (κ3) is 5.10. The Hall–Kier alpha value is -2.87. The molecule has 1 heterocycles. The van der Waals surface area contributed by atoms with E-state index in [-0.39, 0.29) is 18.0 Å². The fourth-order valence-corrected chi connectivity index (χ4v) is 3.04. The molecule has 28 heavy (non-hydrogen) atoms.